The maximum absolute atomic E-state index is 11.8. The minimum Gasteiger partial charge on any atom is -0.381 e. The third kappa shape index (κ3) is 5.23. The molecule has 1 aromatic rings. The van der Waals surface area contributed by atoms with Crippen LogP contribution in [-0.2, 0) is 16.1 Å². The maximum Gasteiger partial charge on any atom is 0.243 e. The molecule has 0 bridgehead atoms. The Bertz CT molecular complexity index is 474. The van der Waals surface area contributed by atoms with Gasteiger partial charge < -0.3 is 15.0 Å². The fourth-order valence-corrected chi connectivity index (χ4v) is 2.29. The van der Waals surface area contributed by atoms with Gasteiger partial charge in [-0.3, -0.25) is 4.79 Å². The number of amides is 1. The lowest BCUT2D eigenvalue weighted by atomic mass is 10.00. The SMILES string of the molecule is CN(C)c1ccc(CNC(=O)/C=C/C2CCOCC2)cc1. The molecule has 0 aliphatic carbocycles. The zero-order valence-corrected chi connectivity index (χ0v) is 12.8. The van der Waals surface area contributed by atoms with Gasteiger partial charge in [0.05, 0.1) is 0 Å². The Labute approximate surface area is 126 Å². The van der Waals surface area contributed by atoms with E-state index in [2.05, 4.69) is 22.3 Å². The number of carbonyl (C=O) groups excluding carboxylic acids is 1. The van der Waals surface area contributed by atoms with Gasteiger partial charge in [0, 0.05) is 39.5 Å². The molecule has 0 spiro atoms. The first-order chi connectivity index (χ1) is 10.1. The van der Waals surface area contributed by atoms with Crippen molar-refractivity contribution in [1.29, 1.82) is 0 Å². The standard InChI is InChI=1S/C17H24N2O2/c1-19(2)16-6-3-15(4-7-16)13-18-17(20)8-5-14-9-11-21-12-10-14/h3-8,14H,9-13H2,1-2H3,(H,18,20)/b8-5+. The van der Waals surface area contributed by atoms with Gasteiger partial charge in [0.25, 0.3) is 0 Å². The molecule has 1 aromatic carbocycles. The summed E-state index contributed by atoms with van der Waals surface area (Å²) in [6, 6.07) is 8.19. The van der Waals surface area contributed by atoms with Crippen LogP contribution >= 0.6 is 0 Å². The highest BCUT2D eigenvalue weighted by Gasteiger charge is 2.10. The van der Waals surface area contributed by atoms with Crippen LogP contribution in [0, 0.1) is 5.92 Å². The van der Waals surface area contributed by atoms with E-state index in [1.807, 2.05) is 32.3 Å². The highest BCUT2D eigenvalue weighted by Crippen LogP contribution is 2.15. The van der Waals surface area contributed by atoms with Gasteiger partial charge in [0.2, 0.25) is 5.91 Å². The molecule has 0 radical (unpaired) electrons. The van der Waals surface area contributed by atoms with Crippen LogP contribution in [0.5, 0.6) is 0 Å². The number of hydrogen-bond acceptors (Lipinski definition) is 3. The molecule has 1 fully saturated rings. The molecule has 1 aliphatic rings. The molecule has 1 N–H and O–H groups in total. The van der Waals surface area contributed by atoms with Gasteiger partial charge in [-0.1, -0.05) is 18.2 Å². The summed E-state index contributed by atoms with van der Waals surface area (Å²) in [6.07, 6.45) is 5.68. The van der Waals surface area contributed by atoms with Crippen LogP contribution in [0.3, 0.4) is 0 Å². The molecule has 1 saturated heterocycles. The third-order valence-electron chi connectivity index (χ3n) is 3.71. The number of allylic oxidation sites excluding steroid dienone is 1. The Balaban J connectivity index is 1.76. The highest BCUT2D eigenvalue weighted by molar-refractivity contribution is 5.87. The summed E-state index contributed by atoms with van der Waals surface area (Å²) >= 11 is 0. The zero-order chi connectivity index (χ0) is 15.1. The van der Waals surface area contributed by atoms with E-state index in [0.29, 0.717) is 12.5 Å². The predicted octanol–water partition coefficient (Wildman–Crippen LogP) is 2.35. The van der Waals surface area contributed by atoms with Crippen molar-refractivity contribution in [3.63, 3.8) is 0 Å². The Morgan fingerprint density at radius 2 is 1.95 bits per heavy atom. The van der Waals surface area contributed by atoms with Crippen molar-refractivity contribution >= 4 is 11.6 Å². The van der Waals surface area contributed by atoms with Crippen LogP contribution in [0.25, 0.3) is 0 Å². The number of anilines is 1. The topological polar surface area (TPSA) is 41.6 Å². The van der Waals surface area contributed by atoms with Crippen LogP contribution in [0.15, 0.2) is 36.4 Å². The lowest BCUT2D eigenvalue weighted by Crippen LogP contribution is -2.21. The summed E-state index contributed by atoms with van der Waals surface area (Å²) in [4.78, 5) is 13.9. The summed E-state index contributed by atoms with van der Waals surface area (Å²) in [6.45, 7) is 2.16. The van der Waals surface area contributed by atoms with E-state index in [4.69, 9.17) is 4.74 Å². The van der Waals surface area contributed by atoms with Gasteiger partial charge >= 0.3 is 0 Å². The minimum atomic E-state index is -0.0295. The predicted molar refractivity (Wildman–Crippen MR) is 85.3 cm³/mol. The summed E-state index contributed by atoms with van der Waals surface area (Å²) in [7, 11) is 4.02. The second-order valence-corrected chi connectivity index (χ2v) is 5.59. The molecular weight excluding hydrogens is 264 g/mol. The third-order valence-corrected chi connectivity index (χ3v) is 3.71. The summed E-state index contributed by atoms with van der Waals surface area (Å²) in [5.74, 6) is 0.446. The Hall–Kier alpha value is -1.81. The molecule has 114 valence electrons. The fraction of sp³-hybridized carbons (Fsp3) is 0.471. The molecule has 4 nitrogen and oxygen atoms in total. The normalized spacial score (nSPS) is 16.1. The van der Waals surface area contributed by atoms with Crippen molar-refractivity contribution in [1.82, 2.24) is 5.32 Å². The molecule has 0 unspecified atom stereocenters. The van der Waals surface area contributed by atoms with E-state index in [1.54, 1.807) is 6.08 Å². The molecule has 0 aromatic heterocycles. The molecule has 4 heteroatoms. The number of benzene rings is 1. The molecule has 21 heavy (non-hydrogen) atoms. The summed E-state index contributed by atoms with van der Waals surface area (Å²) in [5, 5.41) is 2.92. The summed E-state index contributed by atoms with van der Waals surface area (Å²) in [5.41, 5.74) is 2.26. The molecular formula is C17H24N2O2. The van der Waals surface area contributed by atoms with Gasteiger partial charge in [-0.05, 0) is 42.5 Å². The van der Waals surface area contributed by atoms with Crippen molar-refractivity contribution in [3.05, 3.63) is 42.0 Å². The Kier molecular flexibility index (Phi) is 5.81. The van der Waals surface area contributed by atoms with Gasteiger partial charge in [0.15, 0.2) is 0 Å². The van der Waals surface area contributed by atoms with E-state index in [9.17, 15) is 4.79 Å². The average molecular weight is 288 g/mol. The first-order valence-electron chi connectivity index (χ1n) is 7.45. The molecule has 1 aliphatic heterocycles. The van der Waals surface area contributed by atoms with Crippen LogP contribution in [-0.4, -0.2) is 33.2 Å². The molecule has 1 heterocycles. The smallest absolute Gasteiger partial charge is 0.243 e. The van der Waals surface area contributed by atoms with Crippen LogP contribution in [0.4, 0.5) is 5.69 Å². The van der Waals surface area contributed by atoms with Gasteiger partial charge in [-0.2, -0.15) is 0 Å². The van der Waals surface area contributed by atoms with Crippen molar-refractivity contribution in [2.24, 2.45) is 5.92 Å². The summed E-state index contributed by atoms with van der Waals surface area (Å²) < 4.78 is 5.30. The van der Waals surface area contributed by atoms with E-state index in [0.717, 1.165) is 37.3 Å². The van der Waals surface area contributed by atoms with Gasteiger partial charge in [-0.25, -0.2) is 0 Å². The number of nitrogens with zero attached hydrogens (tertiary/aromatic N) is 1. The van der Waals surface area contributed by atoms with Crippen molar-refractivity contribution in [2.45, 2.75) is 19.4 Å². The quantitative estimate of drug-likeness (QED) is 0.846. The van der Waals surface area contributed by atoms with E-state index in [-0.39, 0.29) is 5.91 Å². The largest absolute Gasteiger partial charge is 0.381 e. The van der Waals surface area contributed by atoms with Crippen LogP contribution < -0.4 is 10.2 Å². The number of carbonyl (C=O) groups is 1. The number of ether oxygens (including phenoxy) is 1. The minimum absolute atomic E-state index is 0.0295. The van der Waals surface area contributed by atoms with E-state index in [1.165, 1.54) is 0 Å². The molecule has 2 rings (SSSR count). The van der Waals surface area contributed by atoms with Gasteiger partial charge in [0.1, 0.15) is 0 Å². The van der Waals surface area contributed by atoms with E-state index < -0.39 is 0 Å². The van der Waals surface area contributed by atoms with Crippen LogP contribution in [0.1, 0.15) is 18.4 Å². The van der Waals surface area contributed by atoms with Crippen molar-refractivity contribution in [2.75, 3.05) is 32.2 Å². The first-order valence-corrected chi connectivity index (χ1v) is 7.45. The average Bonchev–Trinajstić information content (AvgIpc) is 2.52. The van der Waals surface area contributed by atoms with Crippen LogP contribution in [0.2, 0.25) is 0 Å². The maximum atomic E-state index is 11.8. The second-order valence-electron chi connectivity index (χ2n) is 5.59. The fourth-order valence-electron chi connectivity index (χ4n) is 2.29. The van der Waals surface area contributed by atoms with E-state index >= 15 is 0 Å². The monoisotopic (exact) mass is 288 g/mol. The zero-order valence-electron chi connectivity index (χ0n) is 12.8. The first kappa shape index (κ1) is 15.6. The lowest BCUT2D eigenvalue weighted by Gasteiger charge is -2.18. The Morgan fingerprint density at radius 3 is 2.57 bits per heavy atom. The lowest BCUT2D eigenvalue weighted by molar-refractivity contribution is -0.116. The van der Waals surface area contributed by atoms with Gasteiger partial charge in [-0.15, -0.1) is 0 Å². The number of hydrogen-bond donors (Lipinski definition) is 1. The molecule has 1 amide bonds. The number of nitrogens with one attached hydrogen (secondary N) is 1. The van der Waals surface area contributed by atoms with Crippen molar-refractivity contribution < 1.29 is 9.53 Å². The Morgan fingerprint density at radius 1 is 1.29 bits per heavy atom. The molecule has 0 saturated carbocycles. The highest BCUT2D eigenvalue weighted by atomic mass is 16.5. The second kappa shape index (κ2) is 7.84. The molecule has 0 atom stereocenters. The van der Waals surface area contributed by atoms with Crippen molar-refractivity contribution in [3.8, 4) is 0 Å². The number of rotatable bonds is 5.